The molecule has 6 heteroatoms. The van der Waals surface area contributed by atoms with Gasteiger partial charge in [0.1, 0.15) is 11.0 Å². The van der Waals surface area contributed by atoms with Crippen molar-refractivity contribution >= 4 is 22.8 Å². The summed E-state index contributed by atoms with van der Waals surface area (Å²) in [6.45, 7) is 0. The minimum absolute atomic E-state index is 0.535. The highest BCUT2D eigenvalue weighted by molar-refractivity contribution is 5.87. The fourth-order valence-electron chi connectivity index (χ4n) is 1.81. The summed E-state index contributed by atoms with van der Waals surface area (Å²) in [6.07, 6.45) is -0.535. The first-order chi connectivity index (χ1) is 9.75. The zero-order valence-corrected chi connectivity index (χ0v) is 10.8. The third-order valence-corrected chi connectivity index (χ3v) is 2.90. The van der Waals surface area contributed by atoms with Crippen LogP contribution in [0.1, 0.15) is 0 Å². The van der Waals surface area contributed by atoms with Crippen LogP contribution in [-0.4, -0.2) is 28.3 Å². The summed E-state index contributed by atoms with van der Waals surface area (Å²) in [4.78, 5) is 19.8. The van der Waals surface area contributed by atoms with Gasteiger partial charge in [-0.2, -0.15) is 0 Å². The topological polar surface area (TPSA) is 60.2 Å². The Balaban J connectivity index is 1.82. The van der Waals surface area contributed by atoms with Gasteiger partial charge in [0.25, 0.3) is 0 Å². The highest BCUT2D eigenvalue weighted by atomic mass is 16.7. The van der Waals surface area contributed by atoms with Gasteiger partial charge in [-0.15, -0.1) is 5.10 Å². The number of hydrogen-bond acceptors (Lipinski definition) is 4. The summed E-state index contributed by atoms with van der Waals surface area (Å²) in [7, 11) is 1.64. The summed E-state index contributed by atoms with van der Waals surface area (Å²) < 4.78 is 0. The molecule has 20 heavy (non-hydrogen) atoms. The third kappa shape index (κ3) is 2.18. The van der Waals surface area contributed by atoms with E-state index in [1.54, 1.807) is 19.2 Å². The highest BCUT2D eigenvalue weighted by Crippen LogP contribution is 2.12. The van der Waals surface area contributed by atoms with Crippen molar-refractivity contribution in [3.8, 4) is 0 Å². The lowest BCUT2D eigenvalue weighted by atomic mass is 10.3. The van der Waals surface area contributed by atoms with E-state index < -0.39 is 6.09 Å². The summed E-state index contributed by atoms with van der Waals surface area (Å²) in [5.74, 6) is 0. The molecule has 100 valence electrons. The van der Waals surface area contributed by atoms with Gasteiger partial charge in [0.05, 0.1) is 0 Å². The zero-order chi connectivity index (χ0) is 13.9. The van der Waals surface area contributed by atoms with Crippen LogP contribution in [0.5, 0.6) is 0 Å². The fourth-order valence-corrected chi connectivity index (χ4v) is 1.81. The Morgan fingerprint density at radius 3 is 2.60 bits per heavy atom. The Morgan fingerprint density at radius 2 is 1.80 bits per heavy atom. The lowest BCUT2D eigenvalue weighted by molar-refractivity contribution is 0.127. The number of benzene rings is 2. The molecule has 0 N–H and O–H groups in total. The molecule has 1 amide bonds. The molecule has 0 aliphatic carbocycles. The standard InChI is InChI=1S/C14H12N4O2/c1-17(11-7-3-2-4-8-11)14(19)20-18-13-10-6-5-9-12(13)15-16-18/h2-10H,1H3. The lowest BCUT2D eigenvalue weighted by Gasteiger charge is -2.15. The number of amides is 1. The normalized spacial score (nSPS) is 10.4. The quantitative estimate of drug-likeness (QED) is 0.668. The maximum atomic E-state index is 12.1. The van der Waals surface area contributed by atoms with Crippen LogP contribution >= 0.6 is 0 Å². The molecule has 0 bridgehead atoms. The van der Waals surface area contributed by atoms with Gasteiger partial charge in [-0.25, -0.2) is 4.79 Å². The van der Waals surface area contributed by atoms with Crippen molar-refractivity contribution in [2.24, 2.45) is 0 Å². The molecule has 0 saturated carbocycles. The van der Waals surface area contributed by atoms with E-state index in [1.165, 1.54) is 4.90 Å². The molecule has 3 aromatic rings. The lowest BCUT2D eigenvalue weighted by Crippen LogP contribution is -2.34. The Bertz CT molecular complexity index is 739. The summed E-state index contributed by atoms with van der Waals surface area (Å²) in [5.41, 5.74) is 2.05. The van der Waals surface area contributed by atoms with Crippen LogP contribution in [0, 0.1) is 0 Å². The molecule has 2 aromatic carbocycles. The van der Waals surface area contributed by atoms with Crippen LogP contribution in [0.15, 0.2) is 54.6 Å². The molecule has 0 radical (unpaired) electrons. The molecule has 0 saturated heterocycles. The second-order valence-electron chi connectivity index (χ2n) is 4.20. The summed E-state index contributed by atoms with van der Waals surface area (Å²) in [6, 6.07) is 16.5. The van der Waals surface area contributed by atoms with Gasteiger partial charge in [0.2, 0.25) is 0 Å². The first-order valence-corrected chi connectivity index (χ1v) is 6.07. The van der Waals surface area contributed by atoms with Crippen molar-refractivity contribution < 1.29 is 9.63 Å². The number of rotatable bonds is 2. The minimum atomic E-state index is -0.535. The third-order valence-electron chi connectivity index (χ3n) is 2.90. The van der Waals surface area contributed by atoms with Gasteiger partial charge in [0.15, 0.2) is 0 Å². The fraction of sp³-hybridized carbons (Fsp3) is 0.0714. The maximum Gasteiger partial charge on any atom is 0.440 e. The van der Waals surface area contributed by atoms with Gasteiger partial charge in [-0.3, -0.25) is 9.74 Å². The van der Waals surface area contributed by atoms with E-state index in [0.29, 0.717) is 11.0 Å². The summed E-state index contributed by atoms with van der Waals surface area (Å²) in [5, 5.41) is 7.73. The molecule has 6 nitrogen and oxygen atoms in total. The first-order valence-electron chi connectivity index (χ1n) is 6.07. The monoisotopic (exact) mass is 268 g/mol. The van der Waals surface area contributed by atoms with Crippen LogP contribution in [-0.2, 0) is 0 Å². The molecule has 0 unspecified atom stereocenters. The van der Waals surface area contributed by atoms with Gasteiger partial charge >= 0.3 is 6.09 Å². The number of fused-ring (bicyclic) bond motifs is 1. The smallest absolute Gasteiger partial charge is 0.297 e. The summed E-state index contributed by atoms with van der Waals surface area (Å²) >= 11 is 0. The van der Waals surface area contributed by atoms with E-state index in [4.69, 9.17) is 4.84 Å². The number of aromatic nitrogens is 3. The molecular formula is C14H12N4O2. The average Bonchev–Trinajstić information content (AvgIpc) is 2.91. The zero-order valence-electron chi connectivity index (χ0n) is 10.8. The number of carbonyl (C=O) groups excluding carboxylic acids is 1. The number of carbonyl (C=O) groups is 1. The molecule has 0 aliphatic rings. The van der Waals surface area contributed by atoms with Crippen molar-refractivity contribution in [1.82, 2.24) is 15.2 Å². The predicted octanol–water partition coefficient (Wildman–Crippen LogP) is 2.12. The molecule has 1 heterocycles. The second-order valence-corrected chi connectivity index (χ2v) is 4.20. The van der Waals surface area contributed by atoms with E-state index >= 15 is 0 Å². The number of nitrogens with zero attached hydrogens (tertiary/aromatic N) is 4. The van der Waals surface area contributed by atoms with Crippen molar-refractivity contribution in [3.63, 3.8) is 0 Å². The highest BCUT2D eigenvalue weighted by Gasteiger charge is 2.15. The van der Waals surface area contributed by atoms with Crippen molar-refractivity contribution in [3.05, 3.63) is 54.6 Å². The van der Waals surface area contributed by atoms with Gasteiger partial charge in [0, 0.05) is 12.7 Å². The first kappa shape index (κ1) is 12.2. The second kappa shape index (κ2) is 5.00. The molecule has 0 atom stereocenters. The minimum Gasteiger partial charge on any atom is -0.297 e. The molecule has 1 aromatic heterocycles. The van der Waals surface area contributed by atoms with E-state index in [9.17, 15) is 4.79 Å². The molecule has 0 fully saturated rings. The van der Waals surface area contributed by atoms with Gasteiger partial charge < -0.3 is 0 Å². The van der Waals surface area contributed by atoms with E-state index in [2.05, 4.69) is 10.3 Å². The van der Waals surface area contributed by atoms with Crippen molar-refractivity contribution in [2.75, 3.05) is 11.9 Å². The van der Waals surface area contributed by atoms with Crippen LogP contribution in [0.4, 0.5) is 10.5 Å². The number of hydrogen-bond donors (Lipinski definition) is 0. The largest absolute Gasteiger partial charge is 0.440 e. The van der Waals surface area contributed by atoms with E-state index in [1.807, 2.05) is 42.5 Å². The van der Waals surface area contributed by atoms with Crippen molar-refractivity contribution in [1.29, 1.82) is 0 Å². The number of para-hydroxylation sites is 2. The maximum absolute atomic E-state index is 12.1. The molecular weight excluding hydrogens is 256 g/mol. The van der Waals surface area contributed by atoms with Gasteiger partial charge in [-0.05, 0) is 29.5 Å². The average molecular weight is 268 g/mol. The van der Waals surface area contributed by atoms with Gasteiger partial charge in [-0.1, -0.05) is 35.2 Å². The van der Waals surface area contributed by atoms with Crippen LogP contribution in [0.3, 0.4) is 0 Å². The number of anilines is 1. The Labute approximate surface area is 115 Å². The molecule has 3 rings (SSSR count). The van der Waals surface area contributed by atoms with Crippen LogP contribution < -0.4 is 9.74 Å². The van der Waals surface area contributed by atoms with Crippen LogP contribution in [0.25, 0.3) is 11.0 Å². The van der Waals surface area contributed by atoms with E-state index in [-0.39, 0.29) is 0 Å². The Kier molecular flexibility index (Phi) is 3.04. The Hall–Kier alpha value is -2.89. The SMILES string of the molecule is CN(C(=O)On1nnc2ccccc21)c1ccccc1. The molecule has 0 aliphatic heterocycles. The van der Waals surface area contributed by atoms with Crippen LogP contribution in [0.2, 0.25) is 0 Å². The van der Waals surface area contributed by atoms with Crippen molar-refractivity contribution in [2.45, 2.75) is 0 Å². The Morgan fingerprint density at radius 1 is 1.10 bits per heavy atom. The van der Waals surface area contributed by atoms with E-state index in [0.717, 1.165) is 10.5 Å². The predicted molar refractivity (Wildman–Crippen MR) is 74.3 cm³/mol. The molecule has 0 spiro atoms.